The zero-order valence-electron chi connectivity index (χ0n) is 7.92. The zero-order valence-corrected chi connectivity index (χ0v) is 11.1. The van der Waals surface area contributed by atoms with Crippen LogP contribution in [0.25, 0.3) is 0 Å². The van der Waals surface area contributed by atoms with Crippen molar-refractivity contribution < 1.29 is 4.39 Å². The van der Waals surface area contributed by atoms with Gasteiger partial charge in [0.05, 0.1) is 5.69 Å². The molecule has 0 saturated carbocycles. The molecule has 16 heavy (non-hydrogen) atoms. The van der Waals surface area contributed by atoms with E-state index in [2.05, 4.69) is 47.1 Å². The minimum atomic E-state index is -0.335. The normalized spacial score (nSPS) is 10.2. The van der Waals surface area contributed by atoms with E-state index in [9.17, 15) is 4.39 Å². The van der Waals surface area contributed by atoms with Gasteiger partial charge >= 0.3 is 0 Å². The maximum atomic E-state index is 13.4. The Morgan fingerprint density at radius 2 is 1.94 bits per heavy atom. The Hall–Kier alpha value is -1.01. The van der Waals surface area contributed by atoms with Crippen LogP contribution in [0, 0.1) is 5.82 Å². The summed E-state index contributed by atoms with van der Waals surface area (Å²) in [5.74, 6) is 0.191. The molecular formula is C10H6Br2FN3. The number of nitrogens with one attached hydrogen (secondary N) is 1. The Labute approximate surface area is 108 Å². The zero-order chi connectivity index (χ0) is 11.5. The molecule has 0 spiro atoms. The summed E-state index contributed by atoms with van der Waals surface area (Å²) in [5.41, 5.74) is 0.361. The van der Waals surface area contributed by atoms with E-state index in [1.165, 1.54) is 12.4 Å². The minimum Gasteiger partial charge on any atom is -0.338 e. The fourth-order valence-electron chi connectivity index (χ4n) is 1.13. The highest BCUT2D eigenvalue weighted by molar-refractivity contribution is 9.10. The SMILES string of the molecule is Fc1ccc(Br)cc1Nc1cc(Br)ncn1. The Balaban J connectivity index is 2.30. The molecule has 2 rings (SSSR count). The Kier molecular flexibility index (Phi) is 3.50. The van der Waals surface area contributed by atoms with Crippen molar-refractivity contribution in [2.75, 3.05) is 5.32 Å². The smallest absolute Gasteiger partial charge is 0.146 e. The van der Waals surface area contributed by atoms with Gasteiger partial charge in [-0.15, -0.1) is 0 Å². The lowest BCUT2D eigenvalue weighted by Gasteiger charge is -2.06. The van der Waals surface area contributed by atoms with E-state index >= 15 is 0 Å². The van der Waals surface area contributed by atoms with Crippen molar-refractivity contribution in [2.24, 2.45) is 0 Å². The molecule has 0 unspecified atom stereocenters. The van der Waals surface area contributed by atoms with Gasteiger partial charge in [0.15, 0.2) is 0 Å². The van der Waals surface area contributed by atoms with Gasteiger partial charge in [0.25, 0.3) is 0 Å². The molecule has 0 saturated heterocycles. The summed E-state index contributed by atoms with van der Waals surface area (Å²) < 4.78 is 14.9. The van der Waals surface area contributed by atoms with Crippen molar-refractivity contribution in [3.8, 4) is 0 Å². The van der Waals surface area contributed by atoms with Crippen LogP contribution in [0.5, 0.6) is 0 Å². The fraction of sp³-hybridized carbons (Fsp3) is 0. The lowest BCUT2D eigenvalue weighted by molar-refractivity contribution is 0.631. The summed E-state index contributed by atoms with van der Waals surface area (Å²) in [6.45, 7) is 0. The van der Waals surface area contributed by atoms with E-state index in [0.717, 1.165) is 4.47 Å². The summed E-state index contributed by atoms with van der Waals surface area (Å²) in [6, 6.07) is 6.32. The van der Waals surface area contributed by atoms with Gasteiger partial charge in [-0.2, -0.15) is 0 Å². The van der Waals surface area contributed by atoms with E-state index in [1.807, 2.05) is 0 Å². The van der Waals surface area contributed by atoms with Gasteiger partial charge in [-0.25, -0.2) is 14.4 Å². The highest BCUT2D eigenvalue weighted by Gasteiger charge is 2.04. The molecule has 0 amide bonds. The van der Waals surface area contributed by atoms with E-state index in [0.29, 0.717) is 16.1 Å². The molecule has 0 fully saturated rings. The molecule has 0 bridgehead atoms. The van der Waals surface area contributed by atoms with Crippen molar-refractivity contribution in [3.05, 3.63) is 45.5 Å². The van der Waals surface area contributed by atoms with Crippen LogP contribution < -0.4 is 5.32 Å². The van der Waals surface area contributed by atoms with Gasteiger partial charge in [-0.3, -0.25) is 0 Å². The number of hydrogen-bond acceptors (Lipinski definition) is 3. The highest BCUT2D eigenvalue weighted by atomic mass is 79.9. The highest BCUT2D eigenvalue weighted by Crippen LogP contribution is 2.23. The summed E-state index contributed by atoms with van der Waals surface area (Å²) in [4.78, 5) is 7.86. The van der Waals surface area contributed by atoms with Crippen LogP contribution in [0.2, 0.25) is 0 Å². The molecule has 0 aliphatic rings. The van der Waals surface area contributed by atoms with Crippen LogP contribution in [0.1, 0.15) is 0 Å². The van der Waals surface area contributed by atoms with Crippen molar-refractivity contribution in [2.45, 2.75) is 0 Å². The molecule has 1 heterocycles. The second-order valence-corrected chi connectivity index (χ2v) is 4.70. The Bertz CT molecular complexity index is 519. The summed E-state index contributed by atoms with van der Waals surface area (Å²) in [7, 11) is 0. The molecule has 3 nitrogen and oxygen atoms in total. The predicted octanol–water partition coefficient (Wildman–Crippen LogP) is 3.88. The third kappa shape index (κ3) is 2.76. The van der Waals surface area contributed by atoms with Crippen LogP contribution in [-0.2, 0) is 0 Å². The number of nitrogens with zero attached hydrogens (tertiary/aromatic N) is 2. The Morgan fingerprint density at radius 3 is 2.69 bits per heavy atom. The molecule has 1 N–H and O–H groups in total. The largest absolute Gasteiger partial charge is 0.338 e. The van der Waals surface area contributed by atoms with Gasteiger partial charge in [-0.1, -0.05) is 15.9 Å². The van der Waals surface area contributed by atoms with Gasteiger partial charge in [0.2, 0.25) is 0 Å². The lowest BCUT2D eigenvalue weighted by Crippen LogP contribution is -1.96. The van der Waals surface area contributed by atoms with Crippen LogP contribution in [0.3, 0.4) is 0 Å². The van der Waals surface area contributed by atoms with Crippen LogP contribution in [0.4, 0.5) is 15.9 Å². The number of hydrogen-bond donors (Lipinski definition) is 1. The van der Waals surface area contributed by atoms with Crippen LogP contribution in [0.15, 0.2) is 39.7 Å². The molecule has 0 radical (unpaired) electrons. The molecular weight excluding hydrogens is 341 g/mol. The summed E-state index contributed by atoms with van der Waals surface area (Å²) in [5, 5.41) is 2.87. The summed E-state index contributed by atoms with van der Waals surface area (Å²) in [6.07, 6.45) is 1.39. The fourth-order valence-corrected chi connectivity index (χ4v) is 1.80. The van der Waals surface area contributed by atoms with Gasteiger partial charge < -0.3 is 5.32 Å². The third-order valence-electron chi connectivity index (χ3n) is 1.82. The standard InChI is InChI=1S/C10H6Br2FN3/c11-6-1-2-7(13)8(3-6)16-10-4-9(12)14-5-15-10/h1-5H,(H,14,15,16). The number of rotatable bonds is 2. The quantitative estimate of drug-likeness (QED) is 0.838. The molecule has 1 aromatic carbocycles. The number of anilines is 2. The van der Waals surface area contributed by atoms with E-state index < -0.39 is 0 Å². The Morgan fingerprint density at radius 1 is 1.12 bits per heavy atom. The second-order valence-electron chi connectivity index (χ2n) is 2.98. The molecule has 2 aromatic rings. The monoisotopic (exact) mass is 345 g/mol. The topological polar surface area (TPSA) is 37.8 Å². The average molecular weight is 347 g/mol. The number of benzene rings is 1. The first-order valence-electron chi connectivity index (χ1n) is 4.35. The maximum absolute atomic E-state index is 13.4. The molecule has 82 valence electrons. The van der Waals surface area contributed by atoms with E-state index in [4.69, 9.17) is 0 Å². The van der Waals surface area contributed by atoms with Crippen molar-refractivity contribution in [1.82, 2.24) is 9.97 Å². The molecule has 1 aromatic heterocycles. The van der Waals surface area contributed by atoms with Crippen LogP contribution in [-0.4, -0.2) is 9.97 Å². The van der Waals surface area contributed by atoms with E-state index in [-0.39, 0.29) is 5.82 Å². The van der Waals surface area contributed by atoms with Crippen LogP contribution >= 0.6 is 31.9 Å². The van der Waals surface area contributed by atoms with E-state index in [1.54, 1.807) is 18.2 Å². The first-order chi connectivity index (χ1) is 7.65. The summed E-state index contributed by atoms with van der Waals surface area (Å²) >= 11 is 6.49. The third-order valence-corrected chi connectivity index (χ3v) is 2.75. The van der Waals surface area contributed by atoms with Gasteiger partial charge in [0.1, 0.15) is 22.6 Å². The maximum Gasteiger partial charge on any atom is 0.146 e. The van der Waals surface area contributed by atoms with Gasteiger partial charge in [-0.05, 0) is 34.1 Å². The average Bonchev–Trinajstić information content (AvgIpc) is 2.24. The molecule has 6 heteroatoms. The molecule has 0 aliphatic carbocycles. The minimum absolute atomic E-state index is 0.335. The number of aromatic nitrogens is 2. The number of halogens is 3. The first-order valence-corrected chi connectivity index (χ1v) is 5.93. The van der Waals surface area contributed by atoms with Crippen molar-refractivity contribution in [1.29, 1.82) is 0 Å². The second kappa shape index (κ2) is 4.88. The van der Waals surface area contributed by atoms with Crippen molar-refractivity contribution in [3.63, 3.8) is 0 Å². The van der Waals surface area contributed by atoms with Gasteiger partial charge in [0, 0.05) is 10.5 Å². The predicted molar refractivity (Wildman–Crippen MR) is 67.1 cm³/mol. The molecule has 0 atom stereocenters. The lowest BCUT2D eigenvalue weighted by atomic mass is 10.3. The van der Waals surface area contributed by atoms with Crippen molar-refractivity contribution >= 4 is 43.4 Å². The molecule has 0 aliphatic heterocycles. The first kappa shape index (κ1) is 11.5.